The zero-order valence-corrected chi connectivity index (χ0v) is 12.5. The molecule has 1 heterocycles. The molecule has 0 aliphatic carbocycles. The molecule has 0 amide bonds. The van der Waals surface area contributed by atoms with E-state index in [4.69, 9.17) is 11.6 Å². The third-order valence-electron chi connectivity index (χ3n) is 3.44. The van der Waals surface area contributed by atoms with Gasteiger partial charge in [-0.05, 0) is 43.6 Å². The van der Waals surface area contributed by atoms with Crippen molar-refractivity contribution in [3.8, 4) is 0 Å². The number of nitrogens with zero attached hydrogens (tertiary/aromatic N) is 1. The van der Waals surface area contributed by atoms with E-state index in [1.807, 2.05) is 12.1 Å². The van der Waals surface area contributed by atoms with Gasteiger partial charge in [-0.2, -0.15) is 0 Å². The second kappa shape index (κ2) is 6.22. The lowest BCUT2D eigenvalue weighted by atomic mass is 10.2. The first-order chi connectivity index (χ1) is 9.00. The first-order valence-electron chi connectivity index (χ1n) is 6.40. The minimum Gasteiger partial charge on any atom is -0.317 e. The van der Waals surface area contributed by atoms with Gasteiger partial charge in [0.15, 0.2) is 0 Å². The second-order valence-corrected chi connectivity index (χ2v) is 7.64. The van der Waals surface area contributed by atoms with Gasteiger partial charge in [0.05, 0.1) is 5.25 Å². The van der Waals surface area contributed by atoms with Crippen molar-refractivity contribution < 1.29 is 8.42 Å². The van der Waals surface area contributed by atoms with E-state index >= 15 is 0 Å². The molecule has 1 aromatic carbocycles. The fraction of sp³-hybridized carbons (Fsp3) is 0.538. The minimum atomic E-state index is -3.22. The third-order valence-corrected chi connectivity index (χ3v) is 5.98. The summed E-state index contributed by atoms with van der Waals surface area (Å²) in [5.41, 5.74) is 0.910. The van der Waals surface area contributed by atoms with Crippen LogP contribution >= 0.6 is 11.6 Å². The number of halogens is 1. The topological polar surface area (TPSA) is 49.4 Å². The van der Waals surface area contributed by atoms with E-state index in [0.717, 1.165) is 18.7 Å². The third kappa shape index (κ3) is 3.69. The molecule has 4 nitrogen and oxygen atoms in total. The van der Waals surface area contributed by atoms with E-state index in [1.54, 1.807) is 19.2 Å². The largest absolute Gasteiger partial charge is 0.317 e. The van der Waals surface area contributed by atoms with Crippen LogP contribution in [0.4, 0.5) is 0 Å². The van der Waals surface area contributed by atoms with Crippen LogP contribution in [-0.2, 0) is 16.6 Å². The molecule has 0 atom stereocenters. The Morgan fingerprint density at radius 1 is 1.37 bits per heavy atom. The monoisotopic (exact) mass is 302 g/mol. The number of piperidine rings is 1. The summed E-state index contributed by atoms with van der Waals surface area (Å²) in [7, 11) is -1.59. The summed E-state index contributed by atoms with van der Waals surface area (Å²) in [5.74, 6) is 0. The summed E-state index contributed by atoms with van der Waals surface area (Å²) < 4.78 is 26.3. The Bertz CT molecular complexity index is 527. The fourth-order valence-corrected chi connectivity index (χ4v) is 4.21. The maximum Gasteiger partial charge on any atom is 0.217 e. The van der Waals surface area contributed by atoms with Crippen LogP contribution in [0.15, 0.2) is 24.3 Å². The van der Waals surface area contributed by atoms with Crippen molar-refractivity contribution in [1.29, 1.82) is 0 Å². The molecule has 1 N–H and O–H groups in total. The molecular weight excluding hydrogens is 284 g/mol. The highest BCUT2D eigenvalue weighted by Crippen LogP contribution is 2.19. The molecule has 6 heteroatoms. The zero-order chi connectivity index (χ0) is 13.9. The molecule has 2 rings (SSSR count). The molecule has 1 aliphatic rings. The molecule has 0 saturated carbocycles. The molecule has 0 radical (unpaired) electrons. The molecule has 1 aromatic rings. The number of benzene rings is 1. The zero-order valence-electron chi connectivity index (χ0n) is 11.0. The maximum atomic E-state index is 12.4. The van der Waals surface area contributed by atoms with Crippen molar-refractivity contribution in [3.63, 3.8) is 0 Å². The SMILES string of the molecule is CN(Cc1cccc(Cl)c1)S(=O)(=O)C1CCNCC1. The van der Waals surface area contributed by atoms with Crippen LogP contribution < -0.4 is 5.32 Å². The quantitative estimate of drug-likeness (QED) is 0.923. The van der Waals surface area contributed by atoms with Crippen molar-refractivity contribution in [1.82, 2.24) is 9.62 Å². The van der Waals surface area contributed by atoms with E-state index in [-0.39, 0.29) is 5.25 Å². The summed E-state index contributed by atoms with van der Waals surface area (Å²) in [5, 5.41) is 3.55. The van der Waals surface area contributed by atoms with Gasteiger partial charge in [-0.15, -0.1) is 0 Å². The molecule has 106 valence electrons. The van der Waals surface area contributed by atoms with E-state index in [9.17, 15) is 8.42 Å². The number of hydrogen-bond acceptors (Lipinski definition) is 3. The Kier molecular flexibility index (Phi) is 4.84. The van der Waals surface area contributed by atoms with E-state index in [1.165, 1.54) is 4.31 Å². The highest BCUT2D eigenvalue weighted by molar-refractivity contribution is 7.89. The Hall–Kier alpha value is -0.620. The van der Waals surface area contributed by atoms with Crippen LogP contribution in [0, 0.1) is 0 Å². The van der Waals surface area contributed by atoms with Gasteiger partial charge in [-0.1, -0.05) is 23.7 Å². The van der Waals surface area contributed by atoms with Gasteiger partial charge in [0.2, 0.25) is 10.0 Å². The van der Waals surface area contributed by atoms with Gasteiger partial charge < -0.3 is 5.32 Å². The first kappa shape index (κ1) is 14.8. The highest BCUT2D eigenvalue weighted by Gasteiger charge is 2.30. The van der Waals surface area contributed by atoms with Gasteiger partial charge in [0, 0.05) is 18.6 Å². The molecule has 0 aromatic heterocycles. The predicted molar refractivity (Wildman–Crippen MR) is 77.7 cm³/mol. The van der Waals surface area contributed by atoms with Crippen LogP contribution in [0.1, 0.15) is 18.4 Å². The van der Waals surface area contributed by atoms with Gasteiger partial charge in [0.25, 0.3) is 0 Å². The van der Waals surface area contributed by atoms with Gasteiger partial charge >= 0.3 is 0 Å². The second-order valence-electron chi connectivity index (χ2n) is 4.88. The van der Waals surface area contributed by atoms with Gasteiger partial charge in [0.1, 0.15) is 0 Å². The maximum absolute atomic E-state index is 12.4. The van der Waals surface area contributed by atoms with E-state index in [0.29, 0.717) is 24.4 Å². The van der Waals surface area contributed by atoms with Crippen molar-refractivity contribution in [2.75, 3.05) is 20.1 Å². The molecular formula is C13H19ClN2O2S. The van der Waals surface area contributed by atoms with Crippen LogP contribution in [0.3, 0.4) is 0 Å². The molecule has 1 saturated heterocycles. The van der Waals surface area contributed by atoms with Crippen molar-refractivity contribution in [3.05, 3.63) is 34.9 Å². The lowest BCUT2D eigenvalue weighted by molar-refractivity contribution is 0.428. The Morgan fingerprint density at radius 3 is 2.68 bits per heavy atom. The Balaban J connectivity index is 2.07. The summed E-state index contributed by atoms with van der Waals surface area (Å²) >= 11 is 5.92. The summed E-state index contributed by atoms with van der Waals surface area (Å²) in [4.78, 5) is 0. The molecule has 1 fully saturated rings. The number of sulfonamides is 1. The summed E-state index contributed by atoms with van der Waals surface area (Å²) in [6.45, 7) is 1.91. The number of rotatable bonds is 4. The lowest BCUT2D eigenvalue weighted by Crippen LogP contribution is -2.42. The standard InChI is InChI=1S/C13H19ClN2O2S/c1-16(10-11-3-2-4-12(14)9-11)19(17,18)13-5-7-15-8-6-13/h2-4,9,13,15H,5-8,10H2,1H3. The van der Waals surface area contributed by atoms with Crippen LogP contribution in [0.2, 0.25) is 5.02 Å². The summed E-state index contributed by atoms with van der Waals surface area (Å²) in [6, 6.07) is 7.31. The van der Waals surface area contributed by atoms with Crippen molar-refractivity contribution in [2.24, 2.45) is 0 Å². The number of nitrogens with one attached hydrogen (secondary N) is 1. The molecule has 1 aliphatic heterocycles. The molecule has 0 spiro atoms. The summed E-state index contributed by atoms with van der Waals surface area (Å²) in [6.07, 6.45) is 1.37. The minimum absolute atomic E-state index is 0.266. The van der Waals surface area contributed by atoms with Crippen molar-refractivity contribution >= 4 is 21.6 Å². The van der Waals surface area contributed by atoms with E-state index in [2.05, 4.69) is 5.32 Å². The average molecular weight is 303 g/mol. The first-order valence-corrected chi connectivity index (χ1v) is 8.28. The smallest absolute Gasteiger partial charge is 0.217 e. The highest BCUT2D eigenvalue weighted by atomic mass is 35.5. The van der Waals surface area contributed by atoms with Gasteiger partial charge in [-0.25, -0.2) is 12.7 Å². The predicted octanol–water partition coefficient (Wildman–Crippen LogP) is 1.85. The number of hydrogen-bond donors (Lipinski definition) is 1. The van der Waals surface area contributed by atoms with Crippen LogP contribution in [-0.4, -0.2) is 38.1 Å². The van der Waals surface area contributed by atoms with E-state index < -0.39 is 10.0 Å². The Morgan fingerprint density at radius 2 is 2.05 bits per heavy atom. The molecule has 19 heavy (non-hydrogen) atoms. The fourth-order valence-electron chi connectivity index (χ4n) is 2.33. The lowest BCUT2D eigenvalue weighted by Gasteiger charge is -2.27. The van der Waals surface area contributed by atoms with Crippen LogP contribution in [0.5, 0.6) is 0 Å². The molecule has 0 bridgehead atoms. The van der Waals surface area contributed by atoms with Gasteiger partial charge in [-0.3, -0.25) is 0 Å². The normalized spacial score (nSPS) is 17.8. The van der Waals surface area contributed by atoms with Crippen molar-refractivity contribution in [2.45, 2.75) is 24.6 Å². The Labute approximate surface area is 119 Å². The molecule has 0 unspecified atom stereocenters. The average Bonchev–Trinajstić information content (AvgIpc) is 2.39. The van der Waals surface area contributed by atoms with Crippen LogP contribution in [0.25, 0.3) is 0 Å².